The van der Waals surface area contributed by atoms with Crippen molar-refractivity contribution in [3.63, 3.8) is 0 Å². The third-order valence-electron chi connectivity index (χ3n) is 5.92. The molecule has 0 aliphatic rings. The summed E-state index contributed by atoms with van der Waals surface area (Å²) >= 11 is 0. The Morgan fingerprint density at radius 2 is 1.13 bits per heavy atom. The summed E-state index contributed by atoms with van der Waals surface area (Å²) in [6.07, 6.45) is -12.9. The summed E-state index contributed by atoms with van der Waals surface area (Å²) in [6.45, 7) is 3.37. The van der Waals surface area contributed by atoms with Crippen LogP contribution in [0.2, 0.25) is 38.3 Å². The van der Waals surface area contributed by atoms with Crippen LogP contribution in [0.1, 0.15) is 71.1 Å². The summed E-state index contributed by atoms with van der Waals surface area (Å²) in [5.41, 5.74) is 0. The minimum absolute atomic E-state index is 0. The Morgan fingerprint density at radius 1 is 0.623 bits per heavy atom. The van der Waals surface area contributed by atoms with Crippen LogP contribution in [0.5, 0.6) is 0 Å². The first kappa shape index (κ1) is 63.9. The first-order valence-corrected chi connectivity index (χ1v) is 22.6. The quantitative estimate of drug-likeness (QED) is 0.0498. The molecule has 0 N–H and O–H groups in total. The highest BCUT2D eigenvalue weighted by Crippen LogP contribution is 2.26. The molecule has 0 bridgehead atoms. The lowest BCUT2D eigenvalue weighted by atomic mass is 9.99. The van der Waals surface area contributed by atoms with Crippen LogP contribution in [0.15, 0.2) is 0 Å². The van der Waals surface area contributed by atoms with E-state index in [4.69, 9.17) is 0 Å². The molecule has 0 radical (unpaired) electrons. The average molecular weight is 867 g/mol. The van der Waals surface area contributed by atoms with E-state index in [0.29, 0.717) is 6.42 Å². The molecule has 0 aromatic carbocycles. The fourth-order valence-electron chi connectivity index (χ4n) is 3.70. The van der Waals surface area contributed by atoms with Crippen LogP contribution in [-0.4, -0.2) is 88.6 Å². The van der Waals surface area contributed by atoms with Gasteiger partial charge in [0.15, 0.2) is 19.6 Å². The Kier molecular flexibility index (Phi) is 47.4. The van der Waals surface area contributed by atoms with E-state index < -0.39 is 88.4 Å². The van der Waals surface area contributed by atoms with Crippen LogP contribution >= 0.6 is 0 Å². The normalized spacial score (nSPS) is 12.9. The van der Waals surface area contributed by atoms with E-state index >= 15 is 0 Å². The topological polar surface area (TPSA) is 36.9 Å². The van der Waals surface area contributed by atoms with Crippen molar-refractivity contribution < 1.29 is 99.0 Å². The van der Waals surface area contributed by atoms with Crippen LogP contribution in [0.3, 0.4) is 0 Å². The lowest BCUT2D eigenvalue weighted by Crippen LogP contribution is -2.37. The molecule has 330 valence electrons. The van der Waals surface area contributed by atoms with Crippen molar-refractivity contribution >= 4 is 17.6 Å². The zero-order chi connectivity index (χ0) is 41.9. The number of halogens is 18. The molecule has 2 unspecified atom stereocenters. The van der Waals surface area contributed by atoms with Crippen molar-refractivity contribution in [1.29, 1.82) is 0 Å². The van der Waals surface area contributed by atoms with Gasteiger partial charge in [0.2, 0.25) is 6.86 Å². The molecule has 0 aromatic rings. The van der Waals surface area contributed by atoms with Crippen LogP contribution in [0.25, 0.3) is 0 Å². The minimum atomic E-state index is -4.97. The van der Waals surface area contributed by atoms with Gasteiger partial charge in [0.05, 0.1) is 13.3 Å². The van der Waals surface area contributed by atoms with Crippen molar-refractivity contribution in [3.8, 4) is 0 Å². The highest BCUT2D eigenvalue weighted by Gasteiger charge is 2.42. The minimum Gasteiger partial charge on any atom is -0.369 e. The maximum atomic E-state index is 12.0. The third kappa shape index (κ3) is 69.4. The van der Waals surface area contributed by atoms with E-state index in [2.05, 4.69) is 52.5 Å². The first-order valence-electron chi connectivity index (χ1n) is 16.4. The summed E-state index contributed by atoms with van der Waals surface area (Å²) in [4.78, 5) is 5.09. The van der Waals surface area contributed by atoms with E-state index in [-0.39, 0.29) is 11.4 Å². The summed E-state index contributed by atoms with van der Waals surface area (Å²) in [7, 11) is -0.965. The van der Waals surface area contributed by atoms with Crippen LogP contribution < -0.4 is 0 Å². The zero-order valence-electron chi connectivity index (χ0n) is 30.5. The van der Waals surface area contributed by atoms with E-state index in [1.807, 2.05) is 0 Å². The Hall–Kier alpha value is -0.986. The summed E-state index contributed by atoms with van der Waals surface area (Å²) in [6, 6.07) is 2.85. The molecule has 2 atom stereocenters. The molecule has 0 spiro atoms. The molecule has 0 heterocycles. The number of unbranched alkanes of at least 4 members (excludes halogenated alkanes) is 5. The molecular formula is C29H56F18O4Si2. The van der Waals surface area contributed by atoms with Gasteiger partial charge in [-0.15, -0.1) is 0 Å². The second-order valence-electron chi connectivity index (χ2n) is 12.0. The van der Waals surface area contributed by atoms with Crippen molar-refractivity contribution in [2.75, 3.05) is 40.2 Å². The molecule has 0 aliphatic carbocycles. The monoisotopic (exact) mass is 866 g/mol. The zero-order valence-corrected chi connectivity index (χ0v) is 32.8. The predicted molar refractivity (Wildman–Crippen MR) is 172 cm³/mol. The Balaban J connectivity index is -0.000000147. The van der Waals surface area contributed by atoms with Gasteiger partial charge in [0, 0.05) is 24.0 Å². The molecule has 0 amide bonds. The first-order chi connectivity index (χ1) is 23.8. The summed E-state index contributed by atoms with van der Waals surface area (Å²) in [5, 5.41) is 0. The standard InChI is InChI=1S/C15H33F3Si2.C6H7F7O3.C5H11F.C2H2F4.CH2F2O.FH/c1-19(2)12-10-14(13-20(3)4)9-7-5-6-8-11-15(16,17)18;7-5(8,9)2-14-1-4(6(10,11)12)15-3-16-13;1-2-3-4-5-6;3-1-2(4,5)6;2-1-4-3;/h14,19-20H,5-13H2,1-4H3;4H,1-3H2;2-5H2,1H3;1H2;1H2;1H. The number of rotatable bonds is 21. The molecule has 0 saturated heterocycles. The van der Waals surface area contributed by atoms with E-state index in [9.17, 15) is 74.9 Å². The molecular weight excluding hydrogens is 810 g/mol. The summed E-state index contributed by atoms with van der Waals surface area (Å²) in [5.74, 6) is 0.860. The smallest absolute Gasteiger partial charge is 0.369 e. The molecule has 0 fully saturated rings. The second kappa shape index (κ2) is 39.3. The van der Waals surface area contributed by atoms with Crippen LogP contribution in [0.4, 0.5) is 79.6 Å². The molecule has 0 aliphatic heterocycles. The highest BCUT2D eigenvalue weighted by molar-refractivity contribution is 6.56. The summed E-state index contributed by atoms with van der Waals surface area (Å²) < 4.78 is 198. The fourth-order valence-corrected chi connectivity index (χ4v) is 6.64. The van der Waals surface area contributed by atoms with Gasteiger partial charge in [-0.2, -0.15) is 62.6 Å². The van der Waals surface area contributed by atoms with Gasteiger partial charge in [-0.3, -0.25) is 9.09 Å². The molecule has 4 nitrogen and oxygen atoms in total. The second-order valence-corrected chi connectivity index (χ2v) is 18.6. The van der Waals surface area contributed by atoms with Gasteiger partial charge >= 0.3 is 24.7 Å². The van der Waals surface area contributed by atoms with Crippen LogP contribution in [-0.2, 0) is 19.4 Å². The molecule has 24 heteroatoms. The van der Waals surface area contributed by atoms with Gasteiger partial charge in [0.25, 0.3) is 0 Å². The predicted octanol–water partition coefficient (Wildman–Crippen LogP) is 12.9. The lowest BCUT2D eigenvalue weighted by molar-refractivity contribution is -0.293. The average Bonchev–Trinajstić information content (AvgIpc) is 3.00. The van der Waals surface area contributed by atoms with Gasteiger partial charge in [-0.05, 0) is 27.8 Å². The molecule has 0 saturated carbocycles. The lowest BCUT2D eigenvalue weighted by Gasteiger charge is -2.19. The number of hydrogen-bond acceptors (Lipinski definition) is 4. The highest BCUT2D eigenvalue weighted by atomic mass is 28.3. The Labute approximate surface area is 303 Å². The molecule has 53 heavy (non-hydrogen) atoms. The molecule has 0 aromatic heterocycles. The van der Waals surface area contributed by atoms with E-state index in [1.165, 1.54) is 24.9 Å². The van der Waals surface area contributed by atoms with Crippen molar-refractivity contribution in [2.45, 2.75) is 140 Å². The molecule has 0 rings (SSSR count). The van der Waals surface area contributed by atoms with Gasteiger partial charge in [0.1, 0.15) is 6.61 Å². The number of alkyl halides is 15. The maximum absolute atomic E-state index is 12.0. The number of ether oxygens (including phenoxy) is 2. The maximum Gasteiger partial charge on any atom is 0.417 e. The Morgan fingerprint density at radius 3 is 1.45 bits per heavy atom. The third-order valence-corrected chi connectivity index (χ3v) is 9.02. The van der Waals surface area contributed by atoms with Crippen molar-refractivity contribution in [3.05, 3.63) is 0 Å². The van der Waals surface area contributed by atoms with E-state index in [1.54, 1.807) is 0 Å². The van der Waals surface area contributed by atoms with Crippen LogP contribution in [0, 0.1) is 5.92 Å². The largest absolute Gasteiger partial charge is 0.417 e. The van der Waals surface area contributed by atoms with Crippen molar-refractivity contribution in [1.82, 2.24) is 0 Å². The SMILES string of the molecule is CCCCCF.C[SiH](C)CCC(CCCCCCC(F)(F)F)C[SiH](C)C.F.FCC(F)(F)F.FCOF.FOCOC(COCC(F)(F)F)C(F)(F)F. The van der Waals surface area contributed by atoms with Gasteiger partial charge < -0.3 is 9.47 Å². The fraction of sp³-hybridized carbons (Fsp3) is 1.00. The van der Waals surface area contributed by atoms with Gasteiger partial charge in [-0.1, -0.05) is 90.1 Å². The number of hydrogen-bond donors (Lipinski definition) is 0. The van der Waals surface area contributed by atoms with Crippen molar-refractivity contribution in [2.24, 2.45) is 5.92 Å². The Bertz CT molecular complexity index is 709. The van der Waals surface area contributed by atoms with E-state index in [0.717, 1.165) is 44.4 Å². The van der Waals surface area contributed by atoms with Gasteiger partial charge in [-0.25, -0.2) is 8.78 Å².